The van der Waals surface area contributed by atoms with Crippen LogP contribution in [0, 0.1) is 11.8 Å². The Hall–Kier alpha value is -0.610. The largest absolute Gasteiger partial charge is 0.353 e. The topological polar surface area (TPSA) is 44.4 Å². The maximum Gasteiger partial charge on any atom is 0.220 e. The highest BCUT2D eigenvalue weighted by Crippen LogP contribution is 2.17. The molecule has 18 heavy (non-hydrogen) atoms. The predicted octanol–water partition coefficient (Wildman–Crippen LogP) is 0.833. The SMILES string of the molecule is CC1CN(C)CCC1NC(=O)CC1CCCNC1. The lowest BCUT2D eigenvalue weighted by molar-refractivity contribution is -0.123. The minimum Gasteiger partial charge on any atom is -0.353 e. The number of carbonyl (C=O) groups excluding carboxylic acids is 1. The molecule has 0 aromatic rings. The summed E-state index contributed by atoms with van der Waals surface area (Å²) in [5, 5.41) is 6.61. The maximum absolute atomic E-state index is 12.1. The van der Waals surface area contributed by atoms with Gasteiger partial charge in [-0.1, -0.05) is 6.92 Å². The molecule has 2 rings (SSSR count). The summed E-state index contributed by atoms with van der Waals surface area (Å²) in [6, 6.07) is 0.380. The minimum absolute atomic E-state index is 0.255. The Morgan fingerprint density at radius 2 is 2.28 bits per heavy atom. The first-order valence-corrected chi connectivity index (χ1v) is 7.34. The highest BCUT2D eigenvalue weighted by atomic mass is 16.1. The van der Waals surface area contributed by atoms with Crippen LogP contribution in [-0.4, -0.2) is 50.1 Å². The molecule has 0 saturated carbocycles. The van der Waals surface area contributed by atoms with E-state index in [2.05, 4.69) is 29.5 Å². The molecule has 1 amide bonds. The van der Waals surface area contributed by atoms with E-state index in [-0.39, 0.29) is 5.91 Å². The summed E-state index contributed by atoms with van der Waals surface area (Å²) in [5.74, 6) is 1.36. The number of piperidine rings is 2. The van der Waals surface area contributed by atoms with Crippen LogP contribution in [0.2, 0.25) is 0 Å². The quantitative estimate of drug-likeness (QED) is 0.783. The number of rotatable bonds is 3. The molecule has 2 N–H and O–H groups in total. The highest BCUT2D eigenvalue weighted by molar-refractivity contribution is 5.76. The molecule has 3 unspecified atom stereocenters. The molecule has 2 fully saturated rings. The number of nitrogens with zero attached hydrogens (tertiary/aromatic N) is 1. The van der Waals surface area contributed by atoms with Crippen molar-refractivity contribution in [3.8, 4) is 0 Å². The monoisotopic (exact) mass is 253 g/mol. The van der Waals surface area contributed by atoms with Crippen molar-refractivity contribution in [1.29, 1.82) is 0 Å². The number of hydrogen-bond donors (Lipinski definition) is 2. The van der Waals surface area contributed by atoms with Crippen molar-refractivity contribution in [2.75, 3.05) is 33.2 Å². The van der Waals surface area contributed by atoms with Crippen molar-refractivity contribution in [3.63, 3.8) is 0 Å². The first-order valence-electron chi connectivity index (χ1n) is 7.34. The zero-order valence-corrected chi connectivity index (χ0v) is 11.7. The van der Waals surface area contributed by atoms with Crippen LogP contribution in [0.3, 0.4) is 0 Å². The summed E-state index contributed by atoms with van der Waals surface area (Å²) in [6.07, 6.45) is 4.20. The lowest BCUT2D eigenvalue weighted by Crippen LogP contribution is -2.49. The average Bonchev–Trinajstić information content (AvgIpc) is 2.34. The Bertz CT molecular complexity index is 276. The van der Waals surface area contributed by atoms with Crippen LogP contribution in [0.5, 0.6) is 0 Å². The summed E-state index contributed by atoms with van der Waals surface area (Å²) >= 11 is 0. The molecule has 2 heterocycles. The average molecular weight is 253 g/mol. The van der Waals surface area contributed by atoms with Crippen molar-refractivity contribution in [1.82, 2.24) is 15.5 Å². The van der Waals surface area contributed by atoms with E-state index in [1.54, 1.807) is 0 Å². The van der Waals surface area contributed by atoms with Gasteiger partial charge in [0.1, 0.15) is 0 Å². The van der Waals surface area contributed by atoms with Gasteiger partial charge in [-0.2, -0.15) is 0 Å². The lowest BCUT2D eigenvalue weighted by atomic mass is 9.92. The summed E-state index contributed by atoms with van der Waals surface area (Å²) < 4.78 is 0. The van der Waals surface area contributed by atoms with E-state index in [1.807, 2.05) is 0 Å². The molecular formula is C14H27N3O. The fraction of sp³-hybridized carbons (Fsp3) is 0.929. The maximum atomic E-state index is 12.1. The molecule has 104 valence electrons. The molecule has 0 aromatic carbocycles. The van der Waals surface area contributed by atoms with Crippen LogP contribution in [-0.2, 0) is 4.79 Å². The molecule has 0 aromatic heterocycles. The van der Waals surface area contributed by atoms with Gasteiger partial charge in [0.25, 0.3) is 0 Å². The van der Waals surface area contributed by atoms with Gasteiger partial charge >= 0.3 is 0 Å². The summed E-state index contributed by atoms with van der Waals surface area (Å²) in [7, 11) is 2.15. The predicted molar refractivity (Wildman–Crippen MR) is 73.4 cm³/mol. The number of likely N-dealkylation sites (tertiary alicyclic amines) is 1. The molecule has 0 radical (unpaired) electrons. The highest BCUT2D eigenvalue weighted by Gasteiger charge is 2.26. The van der Waals surface area contributed by atoms with Crippen LogP contribution in [0.4, 0.5) is 0 Å². The second kappa shape index (κ2) is 6.53. The molecule has 3 atom stereocenters. The standard InChI is InChI=1S/C14H27N3O/c1-11-10-17(2)7-5-13(11)16-14(18)8-12-4-3-6-15-9-12/h11-13,15H,3-10H2,1-2H3,(H,16,18). The Balaban J connectivity index is 1.73. The molecule has 4 nitrogen and oxygen atoms in total. The normalized spacial score (nSPS) is 34.2. The van der Waals surface area contributed by atoms with Crippen molar-refractivity contribution in [2.45, 2.75) is 38.6 Å². The zero-order chi connectivity index (χ0) is 13.0. The minimum atomic E-state index is 0.255. The van der Waals surface area contributed by atoms with E-state index in [0.29, 0.717) is 24.3 Å². The van der Waals surface area contributed by atoms with E-state index in [4.69, 9.17) is 0 Å². The zero-order valence-electron chi connectivity index (χ0n) is 11.7. The number of hydrogen-bond acceptors (Lipinski definition) is 3. The Morgan fingerprint density at radius 1 is 1.44 bits per heavy atom. The fourth-order valence-corrected chi connectivity index (χ4v) is 3.19. The molecule has 2 saturated heterocycles. The number of amides is 1. The second-order valence-electron chi connectivity index (χ2n) is 6.12. The van der Waals surface area contributed by atoms with E-state index >= 15 is 0 Å². The van der Waals surface area contributed by atoms with Crippen LogP contribution < -0.4 is 10.6 Å². The summed E-state index contributed by atoms with van der Waals surface area (Å²) in [5.41, 5.74) is 0. The number of nitrogens with one attached hydrogen (secondary N) is 2. The molecule has 0 bridgehead atoms. The van der Waals surface area contributed by atoms with Gasteiger partial charge < -0.3 is 15.5 Å². The molecule has 2 aliphatic heterocycles. The van der Waals surface area contributed by atoms with Crippen LogP contribution in [0.15, 0.2) is 0 Å². The van der Waals surface area contributed by atoms with Gasteiger partial charge in [0, 0.05) is 19.0 Å². The molecular weight excluding hydrogens is 226 g/mol. The fourth-order valence-electron chi connectivity index (χ4n) is 3.19. The van der Waals surface area contributed by atoms with Crippen molar-refractivity contribution in [3.05, 3.63) is 0 Å². The third-order valence-corrected chi connectivity index (χ3v) is 4.33. The first kappa shape index (κ1) is 13.8. The van der Waals surface area contributed by atoms with Gasteiger partial charge in [-0.15, -0.1) is 0 Å². The van der Waals surface area contributed by atoms with Crippen molar-refractivity contribution < 1.29 is 4.79 Å². The Morgan fingerprint density at radius 3 is 2.94 bits per heavy atom. The summed E-state index contributed by atoms with van der Waals surface area (Å²) in [4.78, 5) is 14.4. The Kier molecular flexibility index (Phi) is 5.01. The first-order chi connectivity index (χ1) is 8.65. The van der Waals surface area contributed by atoms with E-state index < -0.39 is 0 Å². The number of carbonyl (C=O) groups is 1. The van der Waals surface area contributed by atoms with Gasteiger partial charge in [-0.05, 0) is 57.8 Å². The third kappa shape index (κ3) is 3.95. The smallest absolute Gasteiger partial charge is 0.220 e. The molecule has 4 heteroatoms. The van der Waals surface area contributed by atoms with Gasteiger partial charge in [0.2, 0.25) is 5.91 Å². The molecule has 2 aliphatic rings. The van der Waals surface area contributed by atoms with Crippen molar-refractivity contribution in [2.24, 2.45) is 11.8 Å². The second-order valence-corrected chi connectivity index (χ2v) is 6.12. The third-order valence-electron chi connectivity index (χ3n) is 4.33. The van der Waals surface area contributed by atoms with Crippen LogP contribution in [0.25, 0.3) is 0 Å². The molecule has 0 spiro atoms. The van der Waals surface area contributed by atoms with Gasteiger partial charge in [0.15, 0.2) is 0 Å². The van der Waals surface area contributed by atoms with E-state index in [0.717, 1.165) is 32.6 Å². The molecule has 0 aliphatic carbocycles. The van der Waals surface area contributed by atoms with E-state index in [9.17, 15) is 4.79 Å². The van der Waals surface area contributed by atoms with Crippen LogP contribution >= 0.6 is 0 Å². The summed E-state index contributed by atoms with van der Waals surface area (Å²) in [6.45, 7) is 6.56. The van der Waals surface area contributed by atoms with Gasteiger partial charge in [0.05, 0.1) is 0 Å². The Labute approximate surface area is 110 Å². The van der Waals surface area contributed by atoms with Gasteiger partial charge in [-0.3, -0.25) is 4.79 Å². The lowest BCUT2D eigenvalue weighted by Gasteiger charge is -2.35. The van der Waals surface area contributed by atoms with E-state index in [1.165, 1.54) is 12.8 Å². The van der Waals surface area contributed by atoms with Crippen LogP contribution in [0.1, 0.15) is 32.6 Å². The van der Waals surface area contributed by atoms with Crippen molar-refractivity contribution >= 4 is 5.91 Å². The van der Waals surface area contributed by atoms with Gasteiger partial charge in [-0.25, -0.2) is 0 Å².